The molecule has 114 valence electrons. The molecule has 0 aliphatic carbocycles. The highest BCUT2D eigenvalue weighted by Gasteiger charge is 2.29. The number of carboxylic acids is 1. The highest BCUT2D eigenvalue weighted by molar-refractivity contribution is 5.94. The summed E-state index contributed by atoms with van der Waals surface area (Å²) in [6, 6.07) is 5.58. The number of hydrogen-bond acceptors (Lipinski definition) is 4. The molecule has 0 fully saturated rings. The Hall–Kier alpha value is -2.90. The summed E-state index contributed by atoms with van der Waals surface area (Å²) in [5.41, 5.74) is 0.636. The van der Waals surface area contributed by atoms with Gasteiger partial charge < -0.3 is 15.2 Å². The van der Waals surface area contributed by atoms with Gasteiger partial charge in [0.25, 0.3) is 5.91 Å². The van der Waals surface area contributed by atoms with Crippen molar-refractivity contribution in [3.05, 3.63) is 41.8 Å². The van der Waals surface area contributed by atoms with Crippen LogP contribution in [0.4, 0.5) is 10.2 Å². The highest BCUT2D eigenvalue weighted by Crippen LogP contribution is 2.29. The number of anilines is 1. The monoisotopic (exact) mass is 305 g/mol. The zero-order chi connectivity index (χ0) is 15.7. The zero-order valence-electron chi connectivity index (χ0n) is 11.3. The quantitative estimate of drug-likeness (QED) is 0.880. The van der Waals surface area contributed by atoms with Gasteiger partial charge in [-0.05, 0) is 18.2 Å². The van der Waals surface area contributed by atoms with Gasteiger partial charge in [0.15, 0.2) is 11.9 Å². The molecule has 1 aliphatic rings. The first-order valence-electron chi connectivity index (χ1n) is 6.52. The number of rotatable bonds is 4. The van der Waals surface area contributed by atoms with E-state index in [-0.39, 0.29) is 24.6 Å². The van der Waals surface area contributed by atoms with Gasteiger partial charge in [0, 0.05) is 24.2 Å². The maximum Gasteiger partial charge on any atom is 0.325 e. The summed E-state index contributed by atoms with van der Waals surface area (Å²) >= 11 is 0. The van der Waals surface area contributed by atoms with Crippen LogP contribution in [-0.2, 0) is 22.6 Å². The van der Waals surface area contributed by atoms with Crippen molar-refractivity contribution in [1.29, 1.82) is 0 Å². The maximum atomic E-state index is 13.1. The Balaban J connectivity index is 1.64. The number of benzene rings is 1. The van der Waals surface area contributed by atoms with Crippen LogP contribution in [0.15, 0.2) is 30.5 Å². The van der Waals surface area contributed by atoms with E-state index in [0.29, 0.717) is 11.3 Å². The molecule has 0 unspecified atom stereocenters. The molecule has 3 rings (SSSR count). The highest BCUT2D eigenvalue weighted by atomic mass is 19.1. The van der Waals surface area contributed by atoms with Crippen LogP contribution in [0.25, 0.3) is 0 Å². The first kappa shape index (κ1) is 14.1. The molecule has 22 heavy (non-hydrogen) atoms. The number of amides is 1. The van der Waals surface area contributed by atoms with Gasteiger partial charge in [-0.15, -0.1) is 0 Å². The molecular weight excluding hydrogens is 293 g/mol. The van der Waals surface area contributed by atoms with Gasteiger partial charge in [-0.1, -0.05) is 0 Å². The van der Waals surface area contributed by atoms with Crippen LogP contribution in [0.3, 0.4) is 0 Å². The van der Waals surface area contributed by atoms with Crippen LogP contribution in [0.1, 0.15) is 5.56 Å². The molecule has 0 saturated heterocycles. The lowest BCUT2D eigenvalue weighted by atomic mass is 10.1. The number of aromatic nitrogens is 2. The SMILES string of the molecule is O=C(O)Cn1ccc(NC(=O)[C@H]2Cc3cc(F)ccc3O2)n1. The van der Waals surface area contributed by atoms with Crippen LogP contribution >= 0.6 is 0 Å². The number of nitrogens with one attached hydrogen (secondary N) is 1. The number of carbonyl (C=O) groups excluding carboxylic acids is 1. The number of aliphatic carboxylic acids is 1. The van der Waals surface area contributed by atoms with Crippen molar-refractivity contribution in [3.63, 3.8) is 0 Å². The molecular formula is C14H12FN3O4. The largest absolute Gasteiger partial charge is 0.480 e. The van der Waals surface area contributed by atoms with Gasteiger partial charge in [-0.25, -0.2) is 4.39 Å². The van der Waals surface area contributed by atoms with E-state index >= 15 is 0 Å². The number of carbonyl (C=O) groups is 2. The van der Waals surface area contributed by atoms with Crippen molar-refractivity contribution in [2.45, 2.75) is 19.1 Å². The molecule has 0 radical (unpaired) electrons. The molecule has 1 aromatic carbocycles. The Kier molecular flexibility index (Phi) is 3.50. The average Bonchev–Trinajstić information content (AvgIpc) is 3.04. The maximum absolute atomic E-state index is 13.1. The van der Waals surface area contributed by atoms with Crippen molar-refractivity contribution in [3.8, 4) is 5.75 Å². The fourth-order valence-electron chi connectivity index (χ4n) is 2.23. The molecule has 2 N–H and O–H groups in total. The summed E-state index contributed by atoms with van der Waals surface area (Å²) in [5, 5.41) is 15.1. The van der Waals surface area contributed by atoms with Gasteiger partial charge >= 0.3 is 5.97 Å². The first-order valence-corrected chi connectivity index (χ1v) is 6.52. The molecule has 0 saturated carbocycles. The number of hydrogen-bond donors (Lipinski definition) is 2. The second kappa shape index (κ2) is 5.47. The minimum atomic E-state index is -1.03. The van der Waals surface area contributed by atoms with E-state index < -0.39 is 18.0 Å². The van der Waals surface area contributed by atoms with Crippen LogP contribution < -0.4 is 10.1 Å². The van der Waals surface area contributed by atoms with Crippen molar-refractivity contribution < 1.29 is 23.8 Å². The predicted octanol–water partition coefficient (Wildman–Crippen LogP) is 1.05. The smallest absolute Gasteiger partial charge is 0.325 e. The van der Waals surface area contributed by atoms with Crippen molar-refractivity contribution in [2.75, 3.05) is 5.32 Å². The Morgan fingerprint density at radius 2 is 2.27 bits per heavy atom. The van der Waals surface area contributed by atoms with Gasteiger partial charge in [-0.2, -0.15) is 5.10 Å². The summed E-state index contributed by atoms with van der Waals surface area (Å²) in [7, 11) is 0. The number of nitrogens with zero attached hydrogens (tertiary/aromatic N) is 2. The molecule has 0 spiro atoms. The van der Waals surface area contributed by atoms with E-state index in [9.17, 15) is 14.0 Å². The van der Waals surface area contributed by atoms with Crippen molar-refractivity contribution >= 4 is 17.7 Å². The third-order valence-corrected chi connectivity index (χ3v) is 3.18. The predicted molar refractivity (Wildman–Crippen MR) is 73.0 cm³/mol. The second-order valence-corrected chi connectivity index (χ2v) is 4.84. The van der Waals surface area contributed by atoms with Gasteiger partial charge in [0.2, 0.25) is 0 Å². The molecule has 7 nitrogen and oxygen atoms in total. The lowest BCUT2D eigenvalue weighted by Crippen LogP contribution is -2.31. The van der Waals surface area contributed by atoms with E-state index in [1.165, 1.54) is 35.1 Å². The Bertz CT molecular complexity index is 743. The third-order valence-electron chi connectivity index (χ3n) is 3.18. The molecule has 8 heteroatoms. The molecule has 1 aromatic heterocycles. The van der Waals surface area contributed by atoms with Crippen LogP contribution in [-0.4, -0.2) is 32.9 Å². The number of ether oxygens (including phenoxy) is 1. The van der Waals surface area contributed by atoms with E-state index in [1.54, 1.807) is 0 Å². The molecule has 2 heterocycles. The summed E-state index contributed by atoms with van der Waals surface area (Å²) in [6.07, 6.45) is 0.958. The minimum absolute atomic E-state index is 0.233. The molecule has 2 aromatic rings. The van der Waals surface area contributed by atoms with Crippen LogP contribution in [0.5, 0.6) is 5.75 Å². The topological polar surface area (TPSA) is 93.5 Å². The van der Waals surface area contributed by atoms with Gasteiger partial charge in [-0.3, -0.25) is 14.3 Å². The molecule has 1 amide bonds. The Labute approximate surface area is 124 Å². The van der Waals surface area contributed by atoms with E-state index in [4.69, 9.17) is 9.84 Å². The lowest BCUT2D eigenvalue weighted by molar-refractivity contribution is -0.137. The second-order valence-electron chi connectivity index (χ2n) is 4.84. The van der Waals surface area contributed by atoms with Gasteiger partial charge in [0.1, 0.15) is 18.1 Å². The molecule has 0 bridgehead atoms. The normalized spacial score (nSPS) is 16.0. The number of carboxylic acid groups (broad SMARTS) is 1. The van der Waals surface area contributed by atoms with Crippen LogP contribution in [0, 0.1) is 5.82 Å². The van der Waals surface area contributed by atoms with E-state index in [1.807, 2.05) is 0 Å². The average molecular weight is 305 g/mol. The number of fused-ring (bicyclic) bond motifs is 1. The Morgan fingerprint density at radius 1 is 1.45 bits per heavy atom. The summed E-state index contributed by atoms with van der Waals surface area (Å²) in [4.78, 5) is 22.7. The standard InChI is InChI=1S/C14H12FN3O4/c15-9-1-2-10-8(5-9)6-11(22-10)14(21)16-12-3-4-18(17-12)7-13(19)20/h1-5,11H,6-7H2,(H,19,20)(H,16,17,21)/t11-/m1/s1. The zero-order valence-corrected chi connectivity index (χ0v) is 11.3. The van der Waals surface area contributed by atoms with E-state index in [0.717, 1.165) is 0 Å². The summed E-state index contributed by atoms with van der Waals surface area (Å²) < 4.78 is 19.8. The van der Waals surface area contributed by atoms with E-state index in [2.05, 4.69) is 10.4 Å². The van der Waals surface area contributed by atoms with Crippen LogP contribution in [0.2, 0.25) is 0 Å². The first-order chi connectivity index (χ1) is 10.5. The summed E-state index contributed by atoms with van der Waals surface area (Å²) in [5.74, 6) is -1.11. The van der Waals surface area contributed by atoms with Gasteiger partial charge in [0.05, 0.1) is 0 Å². The van der Waals surface area contributed by atoms with Crippen molar-refractivity contribution in [2.24, 2.45) is 0 Å². The Morgan fingerprint density at radius 3 is 3.05 bits per heavy atom. The third kappa shape index (κ3) is 2.90. The van der Waals surface area contributed by atoms with Crippen molar-refractivity contribution in [1.82, 2.24) is 9.78 Å². The lowest BCUT2D eigenvalue weighted by Gasteiger charge is -2.09. The molecule has 1 atom stereocenters. The number of halogens is 1. The fourth-order valence-corrected chi connectivity index (χ4v) is 2.23. The fraction of sp³-hybridized carbons (Fsp3) is 0.214. The summed E-state index contributed by atoms with van der Waals surface area (Å²) in [6.45, 7) is -0.291. The molecule has 1 aliphatic heterocycles. The minimum Gasteiger partial charge on any atom is -0.480 e.